The van der Waals surface area contributed by atoms with Crippen LogP contribution < -0.4 is 10.2 Å². The lowest BCUT2D eigenvalue weighted by Crippen LogP contribution is -2.34. The molecule has 0 unspecified atom stereocenters. The molecule has 3 aromatic rings. The Kier molecular flexibility index (Phi) is 6.46. The van der Waals surface area contributed by atoms with Crippen molar-refractivity contribution >= 4 is 33.0 Å². The van der Waals surface area contributed by atoms with Crippen LogP contribution in [0.5, 0.6) is 0 Å². The molecular weight excluding hydrogens is 460 g/mol. The zero-order valence-electron chi connectivity index (χ0n) is 19.1. The maximum atomic E-state index is 12.0. The van der Waals surface area contributed by atoms with E-state index in [4.69, 9.17) is 0 Å². The number of hydrogen-bond donors (Lipinski definition) is 2. The first-order chi connectivity index (χ1) is 16.1. The first-order valence-corrected chi connectivity index (χ1v) is 12.7. The second-order valence-corrected chi connectivity index (χ2v) is 10.6. The zero-order chi connectivity index (χ0) is 24.5. The second-order valence-electron chi connectivity index (χ2n) is 8.59. The number of hydrogen-bond acceptors (Lipinski definition) is 10. The molecule has 12 nitrogen and oxygen atoms in total. The number of aromatic amines is 1. The summed E-state index contributed by atoms with van der Waals surface area (Å²) in [6.45, 7) is 5.38. The molecule has 1 fully saturated rings. The van der Waals surface area contributed by atoms with Gasteiger partial charge in [0.25, 0.3) is 0 Å². The van der Waals surface area contributed by atoms with E-state index in [2.05, 4.69) is 50.4 Å². The Morgan fingerprint density at radius 1 is 1.21 bits per heavy atom. The summed E-state index contributed by atoms with van der Waals surface area (Å²) in [6.07, 6.45) is 5.15. The normalized spacial score (nSPS) is 15.0. The largest absolute Gasteiger partial charge is 0.353 e. The Morgan fingerprint density at radius 2 is 1.94 bits per heavy atom. The Bertz CT molecular complexity index is 1280. The van der Waals surface area contributed by atoms with Gasteiger partial charge >= 0.3 is 5.69 Å². The molecule has 1 aliphatic heterocycles. The van der Waals surface area contributed by atoms with Crippen molar-refractivity contribution in [3.8, 4) is 0 Å². The van der Waals surface area contributed by atoms with Gasteiger partial charge in [0.15, 0.2) is 9.84 Å². The third-order valence-electron chi connectivity index (χ3n) is 5.84. The molecule has 0 aromatic carbocycles. The average molecular weight is 487 g/mol. The van der Waals surface area contributed by atoms with Crippen molar-refractivity contribution in [2.24, 2.45) is 0 Å². The molecule has 0 saturated carbocycles. The van der Waals surface area contributed by atoms with Gasteiger partial charge in [-0.05, 0) is 37.0 Å². The third kappa shape index (κ3) is 4.98. The molecule has 13 heteroatoms. The second kappa shape index (κ2) is 9.33. The van der Waals surface area contributed by atoms with Crippen LogP contribution >= 0.6 is 0 Å². The van der Waals surface area contributed by atoms with E-state index in [0.29, 0.717) is 24.9 Å². The van der Waals surface area contributed by atoms with Gasteiger partial charge in [-0.15, -0.1) is 0 Å². The fourth-order valence-electron chi connectivity index (χ4n) is 3.92. The highest BCUT2D eigenvalue weighted by molar-refractivity contribution is 7.90. The molecule has 2 N–H and O–H groups in total. The van der Waals surface area contributed by atoms with Gasteiger partial charge in [-0.2, -0.15) is 5.10 Å². The van der Waals surface area contributed by atoms with Crippen LogP contribution in [0.2, 0.25) is 0 Å². The van der Waals surface area contributed by atoms with Crippen LogP contribution in [0.1, 0.15) is 49.9 Å². The van der Waals surface area contributed by atoms with E-state index >= 15 is 0 Å². The lowest BCUT2D eigenvalue weighted by atomic mass is 9.93. The number of H-pyrrole nitrogens is 1. The van der Waals surface area contributed by atoms with Crippen molar-refractivity contribution < 1.29 is 13.3 Å². The molecule has 1 saturated heterocycles. The van der Waals surface area contributed by atoms with Gasteiger partial charge in [0.2, 0.25) is 11.6 Å². The number of anilines is 3. The lowest BCUT2D eigenvalue weighted by Gasteiger charge is -2.32. The van der Waals surface area contributed by atoms with Gasteiger partial charge in [0.1, 0.15) is 12.1 Å². The molecule has 0 radical (unpaired) electrons. The molecule has 0 spiro atoms. The van der Waals surface area contributed by atoms with E-state index in [1.54, 1.807) is 0 Å². The maximum Gasteiger partial charge on any atom is 0.353 e. The van der Waals surface area contributed by atoms with Crippen molar-refractivity contribution in [3.63, 3.8) is 0 Å². The summed E-state index contributed by atoms with van der Waals surface area (Å²) in [5, 5.41) is 22.3. The van der Waals surface area contributed by atoms with Crippen molar-refractivity contribution in [2.75, 3.05) is 29.6 Å². The number of nitro groups is 1. The molecular formula is C21H26N8O4S. The van der Waals surface area contributed by atoms with Gasteiger partial charge in [0.05, 0.1) is 15.5 Å². The summed E-state index contributed by atoms with van der Waals surface area (Å²) >= 11 is 0. The summed E-state index contributed by atoms with van der Waals surface area (Å²) in [7, 11) is -3.40. The topological polar surface area (TPSA) is 160 Å². The van der Waals surface area contributed by atoms with Crippen molar-refractivity contribution in [1.29, 1.82) is 0 Å². The van der Waals surface area contributed by atoms with Crippen LogP contribution in [0.4, 0.5) is 23.1 Å². The number of rotatable bonds is 7. The van der Waals surface area contributed by atoms with Crippen LogP contribution in [-0.2, 0) is 9.84 Å². The van der Waals surface area contributed by atoms with Crippen LogP contribution in [0, 0.1) is 10.1 Å². The van der Waals surface area contributed by atoms with Crippen LogP contribution in [-0.4, -0.2) is 57.8 Å². The highest BCUT2D eigenvalue weighted by Crippen LogP contribution is 2.37. The lowest BCUT2D eigenvalue weighted by molar-refractivity contribution is -0.383. The standard InChI is InChI=1S/C21H26N8O4S/c1-13(2)16-10-17(27-26-16)14-6-8-28(9-7-14)21-19(29(30)31)20(23-12-24-21)25-18-5-4-15(11-22-18)34(3,32)33/h4-5,10-14H,6-9H2,1-3H3,(H,26,27)(H,22,23,24,25). The number of sulfone groups is 1. The van der Waals surface area contributed by atoms with Gasteiger partial charge in [-0.1, -0.05) is 13.8 Å². The van der Waals surface area contributed by atoms with E-state index < -0.39 is 14.8 Å². The van der Waals surface area contributed by atoms with E-state index in [1.807, 2.05) is 4.90 Å². The van der Waals surface area contributed by atoms with Gasteiger partial charge < -0.3 is 10.2 Å². The van der Waals surface area contributed by atoms with E-state index in [9.17, 15) is 18.5 Å². The molecule has 1 aliphatic rings. The maximum absolute atomic E-state index is 12.0. The smallest absolute Gasteiger partial charge is 0.351 e. The molecule has 34 heavy (non-hydrogen) atoms. The Balaban J connectivity index is 1.53. The quantitative estimate of drug-likeness (QED) is 0.375. The number of nitrogens with zero attached hydrogens (tertiary/aromatic N) is 6. The van der Waals surface area contributed by atoms with Gasteiger partial charge in [-0.3, -0.25) is 15.2 Å². The predicted octanol–water partition coefficient (Wildman–Crippen LogP) is 3.16. The number of piperidine rings is 1. The molecule has 3 aromatic heterocycles. The van der Waals surface area contributed by atoms with Crippen molar-refractivity contribution in [3.05, 3.63) is 52.2 Å². The van der Waals surface area contributed by atoms with Gasteiger partial charge in [-0.25, -0.2) is 23.4 Å². The summed E-state index contributed by atoms with van der Waals surface area (Å²) in [4.78, 5) is 25.7. The predicted molar refractivity (Wildman–Crippen MR) is 126 cm³/mol. The fraction of sp³-hybridized carbons (Fsp3) is 0.429. The minimum atomic E-state index is -3.40. The Labute approximate surface area is 196 Å². The van der Waals surface area contributed by atoms with Crippen molar-refractivity contribution in [2.45, 2.75) is 43.4 Å². The third-order valence-corrected chi connectivity index (χ3v) is 6.94. The number of pyridine rings is 1. The molecule has 0 aliphatic carbocycles. The molecule has 0 bridgehead atoms. The Hall–Kier alpha value is -3.61. The summed E-state index contributed by atoms with van der Waals surface area (Å²) in [6, 6.07) is 4.91. The van der Waals surface area contributed by atoms with E-state index in [1.165, 1.54) is 24.7 Å². The highest BCUT2D eigenvalue weighted by Gasteiger charge is 2.31. The van der Waals surface area contributed by atoms with Gasteiger partial charge in [0, 0.05) is 37.2 Å². The zero-order valence-corrected chi connectivity index (χ0v) is 19.9. The summed E-state index contributed by atoms with van der Waals surface area (Å²) < 4.78 is 23.3. The van der Waals surface area contributed by atoms with E-state index in [0.717, 1.165) is 30.5 Å². The molecule has 0 amide bonds. The van der Waals surface area contributed by atoms with Crippen LogP contribution in [0.3, 0.4) is 0 Å². The fourth-order valence-corrected chi connectivity index (χ4v) is 4.47. The highest BCUT2D eigenvalue weighted by atomic mass is 32.2. The average Bonchev–Trinajstić information content (AvgIpc) is 3.29. The Morgan fingerprint density at radius 3 is 2.50 bits per heavy atom. The monoisotopic (exact) mass is 486 g/mol. The molecule has 4 rings (SSSR count). The minimum Gasteiger partial charge on any atom is -0.351 e. The SMILES string of the molecule is CC(C)c1cc(C2CCN(c3ncnc(Nc4ccc(S(C)(=O)=O)cn4)c3[N+](=O)[O-])CC2)[nH]n1. The summed E-state index contributed by atoms with van der Waals surface area (Å²) in [5.41, 5.74) is 1.86. The molecule has 4 heterocycles. The van der Waals surface area contributed by atoms with Crippen molar-refractivity contribution in [1.82, 2.24) is 25.1 Å². The minimum absolute atomic E-state index is 0.00753. The van der Waals surface area contributed by atoms with E-state index in [-0.39, 0.29) is 28.0 Å². The first-order valence-electron chi connectivity index (χ1n) is 10.9. The number of aromatic nitrogens is 5. The first kappa shape index (κ1) is 23.5. The van der Waals surface area contributed by atoms with Crippen LogP contribution in [0.15, 0.2) is 35.6 Å². The van der Waals surface area contributed by atoms with Crippen LogP contribution in [0.25, 0.3) is 0 Å². The summed E-state index contributed by atoms with van der Waals surface area (Å²) in [5.74, 6) is 1.11. The number of nitrogens with one attached hydrogen (secondary N) is 2. The molecule has 0 atom stereocenters. The molecule has 180 valence electrons.